The highest BCUT2D eigenvalue weighted by atomic mass is 19.1. The lowest BCUT2D eigenvalue weighted by Gasteiger charge is -2.38. The fourth-order valence-electron chi connectivity index (χ4n) is 3.66. The van der Waals surface area contributed by atoms with E-state index in [0.717, 1.165) is 23.8 Å². The van der Waals surface area contributed by atoms with E-state index in [9.17, 15) is 18.7 Å². The van der Waals surface area contributed by atoms with Gasteiger partial charge in [0.15, 0.2) is 0 Å². The van der Waals surface area contributed by atoms with Gasteiger partial charge in [0, 0.05) is 23.6 Å². The maximum atomic E-state index is 14.3. The molecule has 0 saturated heterocycles. The van der Waals surface area contributed by atoms with Crippen molar-refractivity contribution in [2.24, 2.45) is 5.92 Å². The summed E-state index contributed by atoms with van der Waals surface area (Å²) in [6, 6.07) is 7.96. The Morgan fingerprint density at radius 2 is 2.00 bits per heavy atom. The molecule has 0 bridgehead atoms. The van der Waals surface area contributed by atoms with Crippen molar-refractivity contribution in [3.8, 4) is 5.75 Å². The molecule has 2 aromatic carbocycles. The highest BCUT2D eigenvalue weighted by molar-refractivity contribution is 5.95. The molecule has 0 radical (unpaired) electrons. The molecule has 1 atom stereocenters. The molecule has 0 spiro atoms. The summed E-state index contributed by atoms with van der Waals surface area (Å²) < 4.78 is 33.0. The molecule has 6 heteroatoms. The standard InChI is InChI=1S/C20H19F2NO3/c21-14-2-3-16(17(22)10-14)19(13-8-15(24)9-13)23-20(25)12-1-4-18-11(7-12)5-6-26-18/h1-4,7,10,13,15,19,24H,5-6,8-9H2,(H,23,25). The molecule has 2 aromatic rings. The van der Waals surface area contributed by atoms with Gasteiger partial charge in [-0.2, -0.15) is 0 Å². The van der Waals surface area contributed by atoms with Crippen LogP contribution >= 0.6 is 0 Å². The Morgan fingerprint density at radius 1 is 1.19 bits per heavy atom. The van der Waals surface area contributed by atoms with E-state index >= 15 is 0 Å². The largest absolute Gasteiger partial charge is 0.493 e. The maximum absolute atomic E-state index is 14.3. The summed E-state index contributed by atoms with van der Waals surface area (Å²) in [5.41, 5.74) is 1.68. The van der Waals surface area contributed by atoms with Gasteiger partial charge in [-0.25, -0.2) is 8.78 Å². The number of nitrogens with one attached hydrogen (secondary N) is 1. The fourth-order valence-corrected chi connectivity index (χ4v) is 3.66. The monoisotopic (exact) mass is 359 g/mol. The van der Waals surface area contributed by atoms with Crippen LogP contribution in [0.3, 0.4) is 0 Å². The number of rotatable bonds is 4. The molecule has 4 nitrogen and oxygen atoms in total. The van der Waals surface area contributed by atoms with Gasteiger partial charge in [-0.05, 0) is 48.6 Å². The quantitative estimate of drug-likeness (QED) is 0.882. The molecule has 2 N–H and O–H groups in total. The Bertz CT molecular complexity index is 849. The minimum Gasteiger partial charge on any atom is -0.493 e. The first kappa shape index (κ1) is 17.0. The predicted octanol–water partition coefficient (Wildman–Crippen LogP) is 3.14. The van der Waals surface area contributed by atoms with E-state index in [1.54, 1.807) is 18.2 Å². The van der Waals surface area contributed by atoms with Crippen molar-refractivity contribution >= 4 is 5.91 Å². The van der Waals surface area contributed by atoms with Crippen LogP contribution in [-0.4, -0.2) is 23.7 Å². The van der Waals surface area contributed by atoms with Gasteiger partial charge in [-0.15, -0.1) is 0 Å². The molecule has 1 saturated carbocycles. The van der Waals surface area contributed by atoms with E-state index in [2.05, 4.69) is 5.32 Å². The third-order valence-corrected chi connectivity index (χ3v) is 5.16. The highest BCUT2D eigenvalue weighted by Gasteiger charge is 2.37. The van der Waals surface area contributed by atoms with E-state index in [1.165, 1.54) is 12.1 Å². The van der Waals surface area contributed by atoms with E-state index in [-0.39, 0.29) is 17.4 Å². The van der Waals surface area contributed by atoms with Crippen molar-refractivity contribution in [1.82, 2.24) is 5.32 Å². The van der Waals surface area contributed by atoms with E-state index in [4.69, 9.17) is 4.74 Å². The number of carbonyl (C=O) groups excluding carboxylic acids is 1. The number of benzene rings is 2. The van der Waals surface area contributed by atoms with Crippen LogP contribution in [0.4, 0.5) is 8.78 Å². The van der Waals surface area contributed by atoms with Crippen LogP contribution in [0.1, 0.15) is 40.4 Å². The predicted molar refractivity (Wildman–Crippen MR) is 90.9 cm³/mol. The van der Waals surface area contributed by atoms with Crippen LogP contribution in [-0.2, 0) is 6.42 Å². The molecule has 1 aliphatic carbocycles. The first-order valence-electron chi connectivity index (χ1n) is 8.71. The Hall–Kier alpha value is -2.47. The SMILES string of the molecule is O=C(NC(c1ccc(F)cc1F)C1CC(O)C1)c1ccc2c(c1)CCO2. The van der Waals surface area contributed by atoms with Crippen molar-refractivity contribution in [3.05, 3.63) is 64.7 Å². The number of hydrogen-bond acceptors (Lipinski definition) is 3. The van der Waals surface area contributed by atoms with Crippen molar-refractivity contribution in [2.45, 2.75) is 31.4 Å². The van der Waals surface area contributed by atoms with Crippen LogP contribution in [0.25, 0.3) is 0 Å². The van der Waals surface area contributed by atoms with Gasteiger partial charge < -0.3 is 15.2 Å². The average molecular weight is 359 g/mol. The summed E-state index contributed by atoms with van der Waals surface area (Å²) in [7, 11) is 0. The van der Waals surface area contributed by atoms with E-state index < -0.39 is 23.8 Å². The number of amides is 1. The van der Waals surface area contributed by atoms with Crippen molar-refractivity contribution in [2.75, 3.05) is 6.61 Å². The van der Waals surface area contributed by atoms with Crippen LogP contribution in [0.5, 0.6) is 5.75 Å². The van der Waals surface area contributed by atoms with Gasteiger partial charge in [0.1, 0.15) is 17.4 Å². The second-order valence-electron chi connectivity index (χ2n) is 6.92. The molecular weight excluding hydrogens is 340 g/mol. The second kappa shape index (κ2) is 6.68. The summed E-state index contributed by atoms with van der Waals surface area (Å²) in [4.78, 5) is 12.7. The Kier molecular flexibility index (Phi) is 4.36. The molecule has 136 valence electrons. The first-order chi connectivity index (χ1) is 12.5. The van der Waals surface area contributed by atoms with Gasteiger partial charge in [-0.1, -0.05) is 6.07 Å². The molecular formula is C20H19F2NO3. The summed E-state index contributed by atoms with van der Waals surface area (Å²) in [6.45, 7) is 0.601. The maximum Gasteiger partial charge on any atom is 0.251 e. The number of halogens is 2. The van der Waals surface area contributed by atoms with E-state index in [1.807, 2.05) is 0 Å². The minimum absolute atomic E-state index is 0.0910. The van der Waals surface area contributed by atoms with Crippen molar-refractivity contribution in [3.63, 3.8) is 0 Å². The molecule has 1 fully saturated rings. The summed E-state index contributed by atoms with van der Waals surface area (Å²) in [5, 5.41) is 12.5. The summed E-state index contributed by atoms with van der Waals surface area (Å²) in [6.07, 6.45) is 1.25. The molecule has 26 heavy (non-hydrogen) atoms. The number of aliphatic hydroxyl groups is 1. The lowest BCUT2D eigenvalue weighted by Crippen LogP contribution is -2.41. The molecule has 1 heterocycles. The lowest BCUT2D eigenvalue weighted by molar-refractivity contribution is 0.0229. The Labute approximate surface area is 149 Å². The third-order valence-electron chi connectivity index (χ3n) is 5.16. The zero-order valence-corrected chi connectivity index (χ0v) is 14.0. The zero-order valence-electron chi connectivity index (χ0n) is 14.0. The number of carbonyl (C=O) groups is 1. The molecule has 1 amide bonds. The molecule has 2 aliphatic rings. The summed E-state index contributed by atoms with van der Waals surface area (Å²) in [5.74, 6) is -0.992. The zero-order chi connectivity index (χ0) is 18.3. The molecule has 1 aliphatic heterocycles. The number of ether oxygens (including phenoxy) is 1. The van der Waals surface area contributed by atoms with Crippen LogP contribution in [0.2, 0.25) is 0 Å². The van der Waals surface area contributed by atoms with Crippen LogP contribution < -0.4 is 10.1 Å². The number of aliphatic hydroxyl groups excluding tert-OH is 1. The highest BCUT2D eigenvalue weighted by Crippen LogP contribution is 2.39. The number of fused-ring (bicyclic) bond motifs is 1. The second-order valence-corrected chi connectivity index (χ2v) is 6.92. The minimum atomic E-state index is -0.695. The topological polar surface area (TPSA) is 58.6 Å². The Morgan fingerprint density at radius 3 is 2.73 bits per heavy atom. The normalized spacial score (nSPS) is 22.1. The van der Waals surface area contributed by atoms with Crippen molar-refractivity contribution < 1.29 is 23.4 Å². The summed E-state index contributed by atoms with van der Waals surface area (Å²) >= 11 is 0. The lowest BCUT2D eigenvalue weighted by atomic mass is 9.75. The fraction of sp³-hybridized carbons (Fsp3) is 0.350. The smallest absolute Gasteiger partial charge is 0.251 e. The third kappa shape index (κ3) is 3.17. The van der Waals surface area contributed by atoms with E-state index in [0.29, 0.717) is 25.0 Å². The Balaban J connectivity index is 1.59. The van der Waals surface area contributed by atoms with Crippen molar-refractivity contribution in [1.29, 1.82) is 0 Å². The van der Waals surface area contributed by atoms with Crippen LogP contribution in [0.15, 0.2) is 36.4 Å². The molecule has 1 unspecified atom stereocenters. The van der Waals surface area contributed by atoms with Gasteiger partial charge in [0.2, 0.25) is 0 Å². The van der Waals surface area contributed by atoms with Gasteiger partial charge in [-0.3, -0.25) is 4.79 Å². The first-order valence-corrected chi connectivity index (χ1v) is 8.71. The molecule has 0 aromatic heterocycles. The molecule has 4 rings (SSSR count). The number of hydrogen-bond donors (Lipinski definition) is 2. The van der Waals surface area contributed by atoms with Gasteiger partial charge in [0.05, 0.1) is 18.8 Å². The van der Waals surface area contributed by atoms with Crippen LogP contribution in [0, 0.1) is 17.6 Å². The average Bonchev–Trinajstić information content (AvgIpc) is 3.05. The van der Waals surface area contributed by atoms with Gasteiger partial charge >= 0.3 is 0 Å². The van der Waals surface area contributed by atoms with Gasteiger partial charge in [0.25, 0.3) is 5.91 Å².